The fraction of sp³-hybridized carbons (Fsp3) is 0.0476. The highest BCUT2D eigenvalue weighted by Crippen LogP contribution is 2.40. The maximum absolute atomic E-state index is 13.9. The zero-order valence-corrected chi connectivity index (χ0v) is 12.7. The van der Waals surface area contributed by atoms with Crippen LogP contribution in [0.25, 0.3) is 43.4 Å². The number of fused-ring (bicyclic) bond motifs is 8. The lowest BCUT2D eigenvalue weighted by molar-refractivity contribution is 0.629. The number of benzene rings is 4. The fourth-order valence-electron chi connectivity index (χ4n) is 3.87. The first-order valence-electron chi connectivity index (χ1n) is 7.73. The van der Waals surface area contributed by atoms with Crippen LogP contribution in [0.3, 0.4) is 0 Å². The number of aryl methyl sites for hydroxylation is 1. The summed E-state index contributed by atoms with van der Waals surface area (Å²) in [5, 5.41) is 6.95. The van der Waals surface area contributed by atoms with Gasteiger partial charge in [-0.1, -0.05) is 48.5 Å². The van der Waals surface area contributed by atoms with Gasteiger partial charge < -0.3 is 4.57 Å². The van der Waals surface area contributed by atoms with Gasteiger partial charge in [-0.15, -0.1) is 0 Å². The van der Waals surface area contributed by atoms with Crippen molar-refractivity contribution < 1.29 is 4.39 Å². The van der Waals surface area contributed by atoms with Crippen molar-refractivity contribution in [3.05, 3.63) is 72.5 Å². The van der Waals surface area contributed by atoms with E-state index >= 15 is 0 Å². The van der Waals surface area contributed by atoms with Crippen molar-refractivity contribution in [1.29, 1.82) is 0 Å². The Labute approximate surface area is 132 Å². The molecule has 0 saturated carbocycles. The van der Waals surface area contributed by atoms with E-state index in [1.54, 1.807) is 6.07 Å². The molecule has 1 heterocycles. The molecule has 0 fully saturated rings. The minimum absolute atomic E-state index is 0.192. The number of hydrogen-bond acceptors (Lipinski definition) is 0. The van der Waals surface area contributed by atoms with Gasteiger partial charge in [0, 0.05) is 28.7 Å². The lowest BCUT2D eigenvalue weighted by Gasteiger charge is -2.08. The van der Waals surface area contributed by atoms with E-state index in [9.17, 15) is 4.39 Å². The van der Waals surface area contributed by atoms with Crippen molar-refractivity contribution in [2.24, 2.45) is 7.05 Å². The molecule has 23 heavy (non-hydrogen) atoms. The van der Waals surface area contributed by atoms with Gasteiger partial charge in [0.05, 0.1) is 5.52 Å². The van der Waals surface area contributed by atoms with Gasteiger partial charge in [-0.05, 0) is 34.4 Å². The van der Waals surface area contributed by atoms with Crippen molar-refractivity contribution in [3.63, 3.8) is 0 Å². The van der Waals surface area contributed by atoms with Gasteiger partial charge in [-0.3, -0.25) is 0 Å². The average molecular weight is 299 g/mol. The zero-order valence-electron chi connectivity index (χ0n) is 12.7. The average Bonchev–Trinajstić information content (AvgIpc) is 2.88. The first kappa shape index (κ1) is 12.7. The van der Waals surface area contributed by atoms with Crippen LogP contribution >= 0.6 is 0 Å². The molecular formula is C21H14FN. The Morgan fingerprint density at radius 3 is 2.04 bits per heavy atom. The number of halogens is 1. The molecule has 0 spiro atoms. The fourth-order valence-corrected chi connectivity index (χ4v) is 3.87. The van der Waals surface area contributed by atoms with Crippen molar-refractivity contribution in [2.45, 2.75) is 0 Å². The largest absolute Gasteiger partial charge is 0.343 e. The third-order valence-electron chi connectivity index (χ3n) is 4.83. The highest BCUT2D eigenvalue weighted by atomic mass is 19.1. The standard InChI is InChI=1S/C21H14FN/c1-23-19-11-10-13(22)12-18(19)20-16-8-4-2-6-14(16)15-7-3-5-9-17(15)21(20)23/h2-12H,1H3. The topological polar surface area (TPSA) is 4.93 Å². The molecule has 5 rings (SSSR count). The zero-order chi connectivity index (χ0) is 15.6. The van der Waals surface area contributed by atoms with E-state index in [4.69, 9.17) is 0 Å². The van der Waals surface area contributed by atoms with Crippen molar-refractivity contribution in [1.82, 2.24) is 4.57 Å². The second-order valence-electron chi connectivity index (χ2n) is 6.04. The molecule has 0 radical (unpaired) electrons. The monoisotopic (exact) mass is 299 g/mol. The van der Waals surface area contributed by atoms with Gasteiger partial charge in [0.25, 0.3) is 0 Å². The maximum Gasteiger partial charge on any atom is 0.123 e. The molecule has 0 amide bonds. The van der Waals surface area contributed by atoms with Crippen LogP contribution in [0.4, 0.5) is 4.39 Å². The van der Waals surface area contributed by atoms with Crippen molar-refractivity contribution in [3.8, 4) is 0 Å². The van der Waals surface area contributed by atoms with E-state index in [0.717, 1.165) is 16.3 Å². The molecule has 5 aromatic rings. The minimum Gasteiger partial charge on any atom is -0.343 e. The lowest BCUT2D eigenvalue weighted by Crippen LogP contribution is -1.88. The molecule has 0 aliphatic rings. The predicted octanol–water partition coefficient (Wildman–Crippen LogP) is 5.78. The van der Waals surface area contributed by atoms with Crippen LogP contribution in [0.2, 0.25) is 0 Å². The molecule has 0 unspecified atom stereocenters. The van der Waals surface area contributed by atoms with E-state index < -0.39 is 0 Å². The molecule has 1 aromatic heterocycles. The van der Waals surface area contributed by atoms with Crippen LogP contribution in [0.1, 0.15) is 0 Å². The first-order valence-corrected chi connectivity index (χ1v) is 7.73. The summed E-state index contributed by atoms with van der Waals surface area (Å²) < 4.78 is 16.1. The summed E-state index contributed by atoms with van der Waals surface area (Å²) in [4.78, 5) is 0. The van der Waals surface area contributed by atoms with Crippen LogP contribution in [0.5, 0.6) is 0 Å². The second-order valence-corrected chi connectivity index (χ2v) is 6.04. The number of hydrogen-bond donors (Lipinski definition) is 0. The summed E-state index contributed by atoms with van der Waals surface area (Å²) in [6.07, 6.45) is 0. The maximum atomic E-state index is 13.9. The molecule has 0 aliphatic carbocycles. The third-order valence-corrected chi connectivity index (χ3v) is 4.83. The smallest absolute Gasteiger partial charge is 0.123 e. The molecule has 1 nitrogen and oxygen atoms in total. The Balaban J connectivity index is 2.26. The molecular weight excluding hydrogens is 285 g/mol. The quantitative estimate of drug-likeness (QED) is 0.320. The Kier molecular flexibility index (Phi) is 2.38. The highest BCUT2D eigenvalue weighted by Gasteiger charge is 2.15. The predicted molar refractivity (Wildman–Crippen MR) is 95.4 cm³/mol. The summed E-state index contributed by atoms with van der Waals surface area (Å²) in [6, 6.07) is 21.9. The summed E-state index contributed by atoms with van der Waals surface area (Å²) in [7, 11) is 2.06. The summed E-state index contributed by atoms with van der Waals surface area (Å²) in [6.45, 7) is 0. The van der Waals surface area contributed by atoms with E-state index in [-0.39, 0.29) is 5.82 Å². The van der Waals surface area contributed by atoms with Crippen LogP contribution in [-0.4, -0.2) is 4.57 Å². The van der Waals surface area contributed by atoms with Crippen LogP contribution in [-0.2, 0) is 7.05 Å². The van der Waals surface area contributed by atoms with E-state index in [2.05, 4.69) is 60.1 Å². The summed E-state index contributed by atoms with van der Waals surface area (Å²) in [5.41, 5.74) is 2.22. The Morgan fingerprint density at radius 1 is 0.696 bits per heavy atom. The second kappa shape index (κ2) is 4.32. The first-order chi connectivity index (χ1) is 11.3. The van der Waals surface area contributed by atoms with Gasteiger partial charge in [0.2, 0.25) is 0 Å². The number of nitrogens with zero attached hydrogens (tertiary/aromatic N) is 1. The Hall–Kier alpha value is -2.87. The van der Waals surface area contributed by atoms with Crippen LogP contribution in [0, 0.1) is 5.82 Å². The summed E-state index contributed by atoms with van der Waals surface area (Å²) >= 11 is 0. The van der Waals surface area contributed by atoms with Crippen LogP contribution < -0.4 is 0 Å². The minimum atomic E-state index is -0.192. The molecule has 2 heteroatoms. The van der Waals surface area contributed by atoms with Gasteiger partial charge in [-0.25, -0.2) is 4.39 Å². The van der Waals surface area contributed by atoms with Crippen molar-refractivity contribution >= 4 is 43.4 Å². The normalized spacial score (nSPS) is 11.9. The van der Waals surface area contributed by atoms with E-state index in [1.807, 2.05) is 6.07 Å². The van der Waals surface area contributed by atoms with Gasteiger partial charge >= 0.3 is 0 Å². The Morgan fingerprint density at radius 2 is 1.30 bits per heavy atom. The lowest BCUT2D eigenvalue weighted by atomic mass is 9.97. The number of aromatic nitrogens is 1. The SMILES string of the molecule is Cn1c2ccc(F)cc2c2c3ccccc3c3ccccc3c21. The van der Waals surface area contributed by atoms with E-state index in [0.29, 0.717) is 0 Å². The van der Waals surface area contributed by atoms with Gasteiger partial charge in [0.1, 0.15) is 5.82 Å². The van der Waals surface area contributed by atoms with Crippen LogP contribution in [0.15, 0.2) is 66.7 Å². The molecule has 0 aliphatic heterocycles. The molecule has 0 saturated heterocycles. The van der Waals surface area contributed by atoms with Crippen molar-refractivity contribution in [2.75, 3.05) is 0 Å². The third kappa shape index (κ3) is 1.55. The highest BCUT2D eigenvalue weighted by molar-refractivity contribution is 6.31. The molecule has 110 valence electrons. The Bertz CT molecular complexity index is 1230. The summed E-state index contributed by atoms with van der Waals surface area (Å²) in [5.74, 6) is -0.192. The van der Waals surface area contributed by atoms with Gasteiger partial charge in [0.15, 0.2) is 0 Å². The van der Waals surface area contributed by atoms with E-state index in [1.165, 1.54) is 33.1 Å². The molecule has 0 bridgehead atoms. The number of rotatable bonds is 0. The molecule has 4 aromatic carbocycles. The van der Waals surface area contributed by atoms with Gasteiger partial charge in [-0.2, -0.15) is 0 Å². The molecule has 0 N–H and O–H groups in total. The molecule has 0 atom stereocenters.